The van der Waals surface area contributed by atoms with Crippen molar-refractivity contribution in [3.05, 3.63) is 65.7 Å². The van der Waals surface area contributed by atoms with Gasteiger partial charge in [0.2, 0.25) is 5.91 Å². The van der Waals surface area contributed by atoms with Crippen molar-refractivity contribution in [2.24, 2.45) is 0 Å². The van der Waals surface area contributed by atoms with Gasteiger partial charge in [-0.05, 0) is 49.8 Å². The molecule has 0 radical (unpaired) electrons. The number of rotatable bonds is 8. The maximum Gasteiger partial charge on any atom is 0.338 e. The molecule has 0 aliphatic heterocycles. The van der Waals surface area contributed by atoms with Gasteiger partial charge in [0.1, 0.15) is 5.75 Å². The highest BCUT2D eigenvalue weighted by atomic mass is 16.5. The van der Waals surface area contributed by atoms with Crippen LogP contribution in [0.15, 0.2) is 54.6 Å². The van der Waals surface area contributed by atoms with Crippen molar-refractivity contribution in [2.75, 3.05) is 18.5 Å². The average Bonchev–Trinajstić information content (AvgIpc) is 2.66. The Bertz CT molecular complexity index is 766. The fourth-order valence-electron chi connectivity index (χ4n) is 2.22. The molecule has 0 saturated carbocycles. The zero-order valence-electron chi connectivity index (χ0n) is 15.0. The Labute approximate surface area is 153 Å². The van der Waals surface area contributed by atoms with Gasteiger partial charge in [-0.2, -0.15) is 0 Å². The number of benzene rings is 2. The van der Waals surface area contributed by atoms with Gasteiger partial charge in [0.25, 0.3) is 0 Å². The smallest absolute Gasteiger partial charge is 0.338 e. The second-order valence-electron chi connectivity index (χ2n) is 5.51. The first-order valence-corrected chi connectivity index (χ1v) is 8.62. The van der Waals surface area contributed by atoms with Gasteiger partial charge in [-0.25, -0.2) is 4.79 Å². The van der Waals surface area contributed by atoms with Gasteiger partial charge >= 0.3 is 5.97 Å². The van der Waals surface area contributed by atoms with E-state index in [1.54, 1.807) is 37.3 Å². The molecule has 2 rings (SSSR count). The largest absolute Gasteiger partial charge is 0.493 e. The number of esters is 1. The molecule has 0 heterocycles. The van der Waals surface area contributed by atoms with Crippen LogP contribution in [0.2, 0.25) is 0 Å². The number of para-hydroxylation sites is 1. The molecule has 26 heavy (non-hydrogen) atoms. The first-order chi connectivity index (χ1) is 12.6. The van der Waals surface area contributed by atoms with Crippen molar-refractivity contribution in [2.45, 2.75) is 20.3 Å². The number of carbonyl (C=O) groups excluding carboxylic acids is 2. The van der Waals surface area contributed by atoms with E-state index in [9.17, 15) is 9.59 Å². The maximum atomic E-state index is 12.1. The Balaban J connectivity index is 1.98. The summed E-state index contributed by atoms with van der Waals surface area (Å²) in [6.45, 7) is 4.75. The van der Waals surface area contributed by atoms with Crippen molar-refractivity contribution in [3.8, 4) is 5.75 Å². The Hall–Kier alpha value is -3.08. The summed E-state index contributed by atoms with van der Waals surface area (Å²) in [5.41, 5.74) is 1.89. The minimum atomic E-state index is -0.381. The lowest BCUT2D eigenvalue weighted by molar-refractivity contribution is -0.111. The third-order valence-electron chi connectivity index (χ3n) is 3.46. The van der Waals surface area contributed by atoms with Crippen LogP contribution in [0, 0.1) is 0 Å². The monoisotopic (exact) mass is 353 g/mol. The second kappa shape index (κ2) is 10.0. The van der Waals surface area contributed by atoms with Gasteiger partial charge in [-0.1, -0.05) is 25.1 Å². The van der Waals surface area contributed by atoms with E-state index in [0.717, 1.165) is 17.7 Å². The summed E-state index contributed by atoms with van der Waals surface area (Å²) in [5, 5.41) is 2.75. The van der Waals surface area contributed by atoms with E-state index < -0.39 is 0 Å². The Morgan fingerprint density at radius 1 is 1.04 bits per heavy atom. The van der Waals surface area contributed by atoms with Crippen molar-refractivity contribution < 1.29 is 19.1 Å². The summed E-state index contributed by atoms with van der Waals surface area (Å²) in [6, 6.07) is 14.1. The van der Waals surface area contributed by atoms with Crippen LogP contribution in [0.1, 0.15) is 36.2 Å². The van der Waals surface area contributed by atoms with Gasteiger partial charge in [0.15, 0.2) is 0 Å². The number of nitrogens with one attached hydrogen (secondary N) is 1. The van der Waals surface area contributed by atoms with E-state index >= 15 is 0 Å². The number of amides is 1. The molecule has 5 nitrogen and oxygen atoms in total. The summed E-state index contributed by atoms with van der Waals surface area (Å²) in [6.07, 6.45) is 4.08. The number of carbonyl (C=O) groups is 2. The van der Waals surface area contributed by atoms with Gasteiger partial charge in [0, 0.05) is 17.3 Å². The number of hydrogen-bond donors (Lipinski definition) is 1. The predicted octanol–water partition coefficient (Wildman–Crippen LogP) is 4.30. The van der Waals surface area contributed by atoms with Crippen LogP contribution in [0.4, 0.5) is 5.69 Å². The lowest BCUT2D eigenvalue weighted by Gasteiger charge is -2.08. The van der Waals surface area contributed by atoms with Gasteiger partial charge in [-0.3, -0.25) is 4.79 Å². The molecule has 136 valence electrons. The molecule has 0 bridgehead atoms. The Morgan fingerprint density at radius 2 is 1.77 bits per heavy atom. The summed E-state index contributed by atoms with van der Waals surface area (Å²) < 4.78 is 10.6. The fraction of sp³-hybridized carbons (Fsp3) is 0.238. The summed E-state index contributed by atoms with van der Waals surface area (Å²) >= 11 is 0. The van der Waals surface area contributed by atoms with E-state index in [0.29, 0.717) is 24.5 Å². The molecule has 0 saturated heterocycles. The minimum Gasteiger partial charge on any atom is -0.493 e. The summed E-state index contributed by atoms with van der Waals surface area (Å²) in [7, 11) is 0. The third-order valence-corrected chi connectivity index (χ3v) is 3.46. The SMILES string of the molecule is CCCOc1ccccc1C=CC(=O)Nc1ccc(C(=O)OCC)cc1. The molecular formula is C21H23NO4. The number of ether oxygens (including phenoxy) is 2. The molecule has 0 aliphatic rings. The van der Waals surface area contributed by atoms with Gasteiger partial charge in [-0.15, -0.1) is 0 Å². The minimum absolute atomic E-state index is 0.265. The van der Waals surface area contributed by atoms with E-state index in [1.165, 1.54) is 6.08 Å². The molecule has 0 aromatic heterocycles. The lowest BCUT2D eigenvalue weighted by atomic mass is 10.2. The lowest BCUT2D eigenvalue weighted by Crippen LogP contribution is -2.09. The van der Waals surface area contributed by atoms with Crippen LogP contribution >= 0.6 is 0 Å². The third kappa shape index (κ3) is 5.77. The van der Waals surface area contributed by atoms with Crippen LogP contribution in [0.5, 0.6) is 5.75 Å². The van der Waals surface area contributed by atoms with E-state index in [-0.39, 0.29) is 11.9 Å². The van der Waals surface area contributed by atoms with Crippen LogP contribution in [-0.4, -0.2) is 25.1 Å². The van der Waals surface area contributed by atoms with E-state index in [1.807, 2.05) is 31.2 Å². The highest BCUT2D eigenvalue weighted by Crippen LogP contribution is 2.20. The standard InChI is InChI=1S/C21H23NO4/c1-3-15-26-19-8-6-5-7-16(19)11-14-20(23)22-18-12-9-17(10-13-18)21(24)25-4-2/h5-14H,3-4,15H2,1-2H3,(H,22,23). The topological polar surface area (TPSA) is 64.6 Å². The highest BCUT2D eigenvalue weighted by molar-refractivity contribution is 6.02. The molecule has 1 N–H and O–H groups in total. The van der Waals surface area contributed by atoms with Crippen LogP contribution in [0.3, 0.4) is 0 Å². The molecule has 0 unspecified atom stereocenters. The molecule has 0 atom stereocenters. The molecule has 1 amide bonds. The second-order valence-corrected chi connectivity index (χ2v) is 5.51. The first kappa shape index (κ1) is 19.2. The highest BCUT2D eigenvalue weighted by Gasteiger charge is 2.06. The number of anilines is 1. The zero-order valence-corrected chi connectivity index (χ0v) is 15.0. The quantitative estimate of drug-likeness (QED) is 0.567. The van der Waals surface area contributed by atoms with E-state index in [4.69, 9.17) is 9.47 Å². The van der Waals surface area contributed by atoms with E-state index in [2.05, 4.69) is 5.32 Å². The van der Waals surface area contributed by atoms with Gasteiger partial charge in [0.05, 0.1) is 18.8 Å². The molecule has 0 fully saturated rings. The molecule has 2 aromatic carbocycles. The van der Waals surface area contributed by atoms with Crippen LogP contribution < -0.4 is 10.1 Å². The zero-order chi connectivity index (χ0) is 18.8. The fourth-order valence-corrected chi connectivity index (χ4v) is 2.22. The van der Waals surface area contributed by atoms with Crippen LogP contribution in [0.25, 0.3) is 6.08 Å². The first-order valence-electron chi connectivity index (χ1n) is 8.62. The maximum absolute atomic E-state index is 12.1. The predicted molar refractivity (Wildman–Crippen MR) is 102 cm³/mol. The van der Waals surface area contributed by atoms with Crippen molar-refractivity contribution in [1.29, 1.82) is 0 Å². The van der Waals surface area contributed by atoms with Crippen molar-refractivity contribution in [1.82, 2.24) is 0 Å². The molecular weight excluding hydrogens is 330 g/mol. The Morgan fingerprint density at radius 3 is 2.46 bits per heavy atom. The normalized spacial score (nSPS) is 10.5. The average molecular weight is 353 g/mol. The van der Waals surface area contributed by atoms with Crippen LogP contribution in [-0.2, 0) is 9.53 Å². The van der Waals surface area contributed by atoms with Crippen molar-refractivity contribution in [3.63, 3.8) is 0 Å². The van der Waals surface area contributed by atoms with Gasteiger partial charge < -0.3 is 14.8 Å². The summed E-state index contributed by atoms with van der Waals surface area (Å²) in [4.78, 5) is 23.7. The molecule has 0 aliphatic carbocycles. The summed E-state index contributed by atoms with van der Waals surface area (Å²) in [5.74, 6) is 0.102. The molecule has 2 aromatic rings. The Kier molecular flexibility index (Phi) is 7.43. The molecule has 5 heteroatoms. The molecule has 0 spiro atoms. The number of hydrogen-bond acceptors (Lipinski definition) is 4. The van der Waals surface area contributed by atoms with Crippen molar-refractivity contribution >= 4 is 23.6 Å².